The fourth-order valence-corrected chi connectivity index (χ4v) is 3.94. The molecule has 1 heterocycles. The minimum absolute atomic E-state index is 0.0756. The van der Waals surface area contributed by atoms with E-state index in [1.54, 1.807) is 0 Å². The average molecular weight is 413 g/mol. The van der Waals surface area contributed by atoms with Crippen molar-refractivity contribution < 1.29 is 14.3 Å². The fourth-order valence-electron chi connectivity index (χ4n) is 3.94. The van der Waals surface area contributed by atoms with E-state index in [1.165, 1.54) is 50.3 Å². The summed E-state index contributed by atoms with van der Waals surface area (Å²) < 4.78 is 4.42. The van der Waals surface area contributed by atoms with Gasteiger partial charge in [0, 0.05) is 13.0 Å². The van der Waals surface area contributed by atoms with Crippen molar-refractivity contribution in [3.63, 3.8) is 0 Å². The summed E-state index contributed by atoms with van der Waals surface area (Å²) in [6.45, 7) is 0.492. The van der Waals surface area contributed by atoms with E-state index in [0.717, 1.165) is 36.7 Å². The Morgan fingerprint density at radius 3 is 2.60 bits per heavy atom. The number of amides is 2. The number of rotatable bonds is 9. The van der Waals surface area contributed by atoms with Crippen molar-refractivity contribution in [1.82, 2.24) is 20.6 Å². The quantitative estimate of drug-likeness (QED) is 0.544. The van der Waals surface area contributed by atoms with E-state index in [1.807, 2.05) is 6.20 Å². The van der Waals surface area contributed by atoms with Gasteiger partial charge in [-0.2, -0.15) is 0 Å². The van der Waals surface area contributed by atoms with Gasteiger partial charge in [0.05, 0.1) is 25.5 Å². The maximum atomic E-state index is 11.6. The van der Waals surface area contributed by atoms with Gasteiger partial charge in [-0.3, -0.25) is 4.79 Å². The van der Waals surface area contributed by atoms with Crippen molar-refractivity contribution in [3.8, 4) is 11.3 Å². The molecule has 7 nitrogen and oxygen atoms in total. The molecule has 1 saturated carbocycles. The highest BCUT2D eigenvalue weighted by Crippen LogP contribution is 2.33. The Morgan fingerprint density at radius 2 is 1.87 bits per heavy atom. The lowest BCUT2D eigenvalue weighted by molar-refractivity contribution is -0.120. The Kier molecular flexibility index (Phi) is 8.30. The van der Waals surface area contributed by atoms with Crippen molar-refractivity contribution in [2.75, 3.05) is 20.2 Å². The van der Waals surface area contributed by atoms with Crippen molar-refractivity contribution in [3.05, 3.63) is 41.9 Å². The molecule has 0 spiro atoms. The molecule has 0 bridgehead atoms. The smallest absolute Gasteiger partial charge is 0.407 e. The molecule has 162 valence electrons. The molecular weight excluding hydrogens is 380 g/mol. The van der Waals surface area contributed by atoms with Crippen LogP contribution in [0.1, 0.15) is 62.3 Å². The van der Waals surface area contributed by atoms with Crippen molar-refractivity contribution in [2.45, 2.75) is 57.3 Å². The SMILES string of the molecule is COC(=O)NCC(=O)NCCCCc1ncc(-c2ccc(C3CCCCC3)cc2)[nH]1. The Labute approximate surface area is 178 Å². The van der Waals surface area contributed by atoms with E-state index in [9.17, 15) is 9.59 Å². The van der Waals surface area contributed by atoms with Crippen LogP contribution in [0.5, 0.6) is 0 Å². The number of imidazole rings is 1. The number of aromatic nitrogens is 2. The highest BCUT2D eigenvalue weighted by molar-refractivity contribution is 5.81. The molecule has 7 heteroatoms. The van der Waals surface area contributed by atoms with E-state index in [0.29, 0.717) is 6.54 Å². The molecular formula is C23H32N4O3. The molecule has 1 aromatic heterocycles. The monoisotopic (exact) mass is 412 g/mol. The highest BCUT2D eigenvalue weighted by atomic mass is 16.5. The number of aryl methyl sites for hydroxylation is 1. The van der Waals surface area contributed by atoms with Gasteiger partial charge >= 0.3 is 6.09 Å². The third-order valence-electron chi connectivity index (χ3n) is 5.67. The topological polar surface area (TPSA) is 96.1 Å². The lowest BCUT2D eigenvalue weighted by Gasteiger charge is -2.22. The van der Waals surface area contributed by atoms with Gasteiger partial charge in [0.1, 0.15) is 5.82 Å². The van der Waals surface area contributed by atoms with Gasteiger partial charge in [0.15, 0.2) is 0 Å². The summed E-state index contributed by atoms with van der Waals surface area (Å²) in [6, 6.07) is 8.92. The van der Waals surface area contributed by atoms with E-state index in [2.05, 4.69) is 49.6 Å². The summed E-state index contributed by atoms with van der Waals surface area (Å²) >= 11 is 0. The van der Waals surface area contributed by atoms with Gasteiger partial charge in [0.25, 0.3) is 0 Å². The first-order valence-corrected chi connectivity index (χ1v) is 10.9. The molecule has 1 aliphatic carbocycles. The number of nitrogens with zero attached hydrogens (tertiary/aromatic N) is 1. The zero-order chi connectivity index (χ0) is 21.2. The first-order chi connectivity index (χ1) is 14.7. The zero-order valence-corrected chi connectivity index (χ0v) is 17.7. The molecule has 3 N–H and O–H groups in total. The van der Waals surface area contributed by atoms with E-state index >= 15 is 0 Å². The summed E-state index contributed by atoms with van der Waals surface area (Å²) in [5.41, 5.74) is 3.67. The Bertz CT molecular complexity index is 810. The molecule has 0 unspecified atom stereocenters. The van der Waals surface area contributed by atoms with Crippen LogP contribution in [0.4, 0.5) is 4.79 Å². The van der Waals surface area contributed by atoms with Crippen LogP contribution >= 0.6 is 0 Å². The first-order valence-electron chi connectivity index (χ1n) is 10.9. The van der Waals surface area contributed by atoms with Crippen LogP contribution in [0, 0.1) is 0 Å². The zero-order valence-electron chi connectivity index (χ0n) is 17.7. The second-order valence-electron chi connectivity index (χ2n) is 7.85. The van der Waals surface area contributed by atoms with Crippen LogP contribution in [0.2, 0.25) is 0 Å². The van der Waals surface area contributed by atoms with Gasteiger partial charge in [-0.15, -0.1) is 0 Å². The average Bonchev–Trinajstić information content (AvgIpc) is 3.27. The summed E-state index contributed by atoms with van der Waals surface area (Å²) in [7, 11) is 1.26. The number of carbonyl (C=O) groups is 2. The number of H-pyrrole nitrogens is 1. The van der Waals surface area contributed by atoms with Crippen LogP contribution in [0.25, 0.3) is 11.3 Å². The maximum absolute atomic E-state index is 11.6. The molecule has 30 heavy (non-hydrogen) atoms. The highest BCUT2D eigenvalue weighted by Gasteiger charge is 2.15. The van der Waals surface area contributed by atoms with E-state index < -0.39 is 6.09 Å². The number of hydrogen-bond acceptors (Lipinski definition) is 4. The summed E-state index contributed by atoms with van der Waals surface area (Å²) in [6.07, 6.45) is 10.6. The van der Waals surface area contributed by atoms with Gasteiger partial charge < -0.3 is 20.4 Å². The molecule has 1 aromatic carbocycles. The first kappa shape index (κ1) is 21.9. The molecule has 0 aliphatic heterocycles. The lowest BCUT2D eigenvalue weighted by atomic mass is 9.84. The maximum Gasteiger partial charge on any atom is 0.407 e. The van der Waals surface area contributed by atoms with Gasteiger partial charge in [-0.05, 0) is 42.7 Å². The number of methoxy groups -OCH3 is 1. The third-order valence-corrected chi connectivity index (χ3v) is 5.67. The number of benzene rings is 1. The Balaban J connectivity index is 1.38. The van der Waals surface area contributed by atoms with Crippen LogP contribution in [0.3, 0.4) is 0 Å². The van der Waals surface area contributed by atoms with Gasteiger partial charge in [-0.1, -0.05) is 43.5 Å². The number of alkyl carbamates (subject to hydrolysis) is 1. The van der Waals surface area contributed by atoms with Gasteiger partial charge in [-0.25, -0.2) is 9.78 Å². The summed E-state index contributed by atoms with van der Waals surface area (Å²) in [4.78, 5) is 30.4. The second kappa shape index (κ2) is 11.4. The minimum atomic E-state index is -0.609. The number of unbranched alkanes of at least 4 members (excludes halogenated alkanes) is 1. The normalized spacial score (nSPS) is 14.3. The summed E-state index contributed by atoms with van der Waals surface area (Å²) in [5.74, 6) is 1.46. The molecule has 2 amide bonds. The van der Waals surface area contributed by atoms with Crippen molar-refractivity contribution >= 4 is 12.0 Å². The molecule has 0 atom stereocenters. The Morgan fingerprint density at radius 1 is 1.10 bits per heavy atom. The molecule has 1 fully saturated rings. The molecule has 3 rings (SSSR count). The Hall–Kier alpha value is -2.83. The second-order valence-corrected chi connectivity index (χ2v) is 7.85. The lowest BCUT2D eigenvalue weighted by Crippen LogP contribution is -2.37. The van der Waals surface area contributed by atoms with Crippen LogP contribution in [0.15, 0.2) is 30.5 Å². The number of hydrogen-bond donors (Lipinski definition) is 3. The van der Waals surface area contributed by atoms with E-state index in [-0.39, 0.29) is 12.5 Å². The van der Waals surface area contributed by atoms with Gasteiger partial charge in [0.2, 0.25) is 5.91 Å². The minimum Gasteiger partial charge on any atom is -0.453 e. The van der Waals surface area contributed by atoms with Crippen LogP contribution in [-0.4, -0.2) is 42.2 Å². The standard InChI is InChI=1S/C23H32N4O3/c1-30-23(29)26-16-22(28)24-14-6-5-9-21-25-15-20(27-21)19-12-10-18(11-13-19)17-7-3-2-4-8-17/h10-13,15,17H,2-9,14,16H2,1H3,(H,24,28)(H,25,27)(H,26,29). The van der Waals surface area contributed by atoms with Crippen molar-refractivity contribution in [2.24, 2.45) is 0 Å². The number of carbonyl (C=O) groups excluding carboxylic acids is 2. The number of aromatic amines is 1. The third kappa shape index (κ3) is 6.61. The number of ether oxygens (including phenoxy) is 1. The van der Waals surface area contributed by atoms with Crippen LogP contribution < -0.4 is 10.6 Å². The number of nitrogens with one attached hydrogen (secondary N) is 3. The molecule has 0 radical (unpaired) electrons. The molecule has 1 aliphatic rings. The van der Waals surface area contributed by atoms with E-state index in [4.69, 9.17) is 0 Å². The predicted octanol–water partition coefficient (Wildman–Crippen LogP) is 3.92. The van der Waals surface area contributed by atoms with Crippen molar-refractivity contribution in [1.29, 1.82) is 0 Å². The predicted molar refractivity (Wildman–Crippen MR) is 116 cm³/mol. The largest absolute Gasteiger partial charge is 0.453 e. The molecule has 0 saturated heterocycles. The molecule has 2 aromatic rings. The van der Waals surface area contributed by atoms with Crippen LogP contribution in [-0.2, 0) is 16.0 Å². The summed E-state index contributed by atoms with van der Waals surface area (Å²) in [5, 5.41) is 5.12. The fraction of sp³-hybridized carbons (Fsp3) is 0.522.